The molecule has 104 valence electrons. The highest BCUT2D eigenvalue weighted by Crippen LogP contribution is 2.35. The van der Waals surface area contributed by atoms with E-state index in [1.54, 1.807) is 13.8 Å². The van der Waals surface area contributed by atoms with E-state index in [1.807, 2.05) is 14.1 Å². The number of likely N-dealkylation sites (N-methyl/N-ethyl adjacent to an activating group) is 1. The topological polar surface area (TPSA) is 69.6 Å². The average molecular weight is 256 g/mol. The normalized spacial score (nSPS) is 20.9. The van der Waals surface area contributed by atoms with Crippen LogP contribution in [-0.2, 0) is 9.59 Å². The van der Waals surface area contributed by atoms with Gasteiger partial charge in [0.2, 0.25) is 5.91 Å². The predicted octanol–water partition coefficient (Wildman–Crippen LogP) is 0.944. The van der Waals surface area contributed by atoms with Crippen molar-refractivity contribution in [1.82, 2.24) is 10.2 Å². The van der Waals surface area contributed by atoms with Crippen LogP contribution in [0, 0.1) is 11.8 Å². The summed E-state index contributed by atoms with van der Waals surface area (Å²) in [5.41, 5.74) is 0.0713. The van der Waals surface area contributed by atoms with Gasteiger partial charge in [-0.1, -0.05) is 13.8 Å². The van der Waals surface area contributed by atoms with E-state index in [9.17, 15) is 9.59 Å². The summed E-state index contributed by atoms with van der Waals surface area (Å²) in [6, 6.07) is 0. The van der Waals surface area contributed by atoms with Crippen molar-refractivity contribution in [2.75, 3.05) is 20.6 Å². The van der Waals surface area contributed by atoms with Crippen molar-refractivity contribution in [1.29, 1.82) is 0 Å². The summed E-state index contributed by atoms with van der Waals surface area (Å²) in [6.45, 7) is 3.84. The number of carbonyl (C=O) groups excluding carboxylic acids is 1. The Hall–Kier alpha value is -1.10. The molecule has 1 rings (SSSR count). The molecule has 2 unspecified atom stereocenters. The van der Waals surface area contributed by atoms with E-state index in [0.717, 1.165) is 12.8 Å². The molecule has 18 heavy (non-hydrogen) atoms. The molecule has 5 nitrogen and oxygen atoms in total. The number of nitrogens with one attached hydrogen (secondary N) is 1. The monoisotopic (exact) mass is 256 g/mol. The molecule has 0 aliphatic heterocycles. The highest BCUT2D eigenvalue weighted by atomic mass is 16.4. The number of nitrogens with zero attached hydrogens (tertiary/aromatic N) is 1. The Morgan fingerprint density at radius 2 is 1.83 bits per heavy atom. The Kier molecular flexibility index (Phi) is 4.73. The van der Waals surface area contributed by atoms with Crippen molar-refractivity contribution in [2.24, 2.45) is 11.8 Å². The molecule has 2 N–H and O–H groups in total. The Labute approximate surface area is 109 Å². The Morgan fingerprint density at radius 1 is 1.28 bits per heavy atom. The van der Waals surface area contributed by atoms with Gasteiger partial charge in [-0.25, -0.2) is 0 Å². The zero-order valence-corrected chi connectivity index (χ0v) is 11.7. The van der Waals surface area contributed by atoms with Gasteiger partial charge in [0, 0.05) is 18.0 Å². The lowest BCUT2D eigenvalue weighted by Gasteiger charge is -2.47. The second kappa shape index (κ2) is 5.69. The van der Waals surface area contributed by atoms with Crippen LogP contribution in [0.5, 0.6) is 0 Å². The van der Waals surface area contributed by atoms with Crippen molar-refractivity contribution in [3.05, 3.63) is 0 Å². The predicted molar refractivity (Wildman–Crippen MR) is 69.2 cm³/mol. The molecule has 2 atom stereocenters. The fraction of sp³-hybridized carbons (Fsp3) is 0.846. The summed E-state index contributed by atoms with van der Waals surface area (Å²) in [4.78, 5) is 24.9. The van der Waals surface area contributed by atoms with Gasteiger partial charge >= 0.3 is 5.97 Å². The first-order valence-electron chi connectivity index (χ1n) is 6.48. The van der Waals surface area contributed by atoms with Crippen LogP contribution in [0.1, 0.15) is 33.1 Å². The molecule has 1 aliphatic rings. The fourth-order valence-corrected chi connectivity index (χ4v) is 2.22. The molecule has 0 bridgehead atoms. The Bertz CT molecular complexity index is 324. The van der Waals surface area contributed by atoms with Crippen LogP contribution < -0.4 is 5.32 Å². The van der Waals surface area contributed by atoms with Crippen LogP contribution in [0.3, 0.4) is 0 Å². The number of aliphatic carboxylic acids is 1. The molecule has 0 spiro atoms. The van der Waals surface area contributed by atoms with Crippen molar-refractivity contribution in [3.63, 3.8) is 0 Å². The van der Waals surface area contributed by atoms with Gasteiger partial charge in [-0.3, -0.25) is 9.59 Å². The van der Waals surface area contributed by atoms with E-state index < -0.39 is 17.8 Å². The molecule has 0 aromatic heterocycles. The van der Waals surface area contributed by atoms with Crippen LogP contribution in [0.2, 0.25) is 0 Å². The third kappa shape index (κ3) is 3.02. The van der Waals surface area contributed by atoms with Crippen molar-refractivity contribution >= 4 is 11.9 Å². The summed E-state index contributed by atoms with van der Waals surface area (Å²) in [7, 11) is 4.04. The highest BCUT2D eigenvalue weighted by Gasteiger charge is 2.39. The molecule has 1 amide bonds. The number of amides is 1. The highest BCUT2D eigenvalue weighted by molar-refractivity contribution is 5.84. The maximum Gasteiger partial charge on any atom is 0.307 e. The van der Waals surface area contributed by atoms with Crippen LogP contribution in [0.25, 0.3) is 0 Å². The number of rotatable bonds is 6. The lowest BCUT2D eigenvalue weighted by molar-refractivity contribution is -0.146. The van der Waals surface area contributed by atoms with E-state index in [2.05, 4.69) is 10.2 Å². The molecular formula is C13H24N2O3. The summed E-state index contributed by atoms with van der Waals surface area (Å²) in [5.74, 6) is -2.25. The van der Waals surface area contributed by atoms with E-state index in [1.165, 1.54) is 6.42 Å². The van der Waals surface area contributed by atoms with Crippen LogP contribution in [0.15, 0.2) is 0 Å². The first kappa shape index (κ1) is 15.0. The smallest absolute Gasteiger partial charge is 0.307 e. The molecule has 0 radical (unpaired) electrons. The van der Waals surface area contributed by atoms with Crippen LogP contribution >= 0.6 is 0 Å². The van der Waals surface area contributed by atoms with Crippen LogP contribution in [0.4, 0.5) is 0 Å². The van der Waals surface area contributed by atoms with Gasteiger partial charge < -0.3 is 15.3 Å². The van der Waals surface area contributed by atoms with E-state index in [-0.39, 0.29) is 11.4 Å². The summed E-state index contributed by atoms with van der Waals surface area (Å²) in [6.07, 6.45) is 3.36. The van der Waals surface area contributed by atoms with Gasteiger partial charge in [-0.2, -0.15) is 0 Å². The molecule has 1 saturated carbocycles. The first-order chi connectivity index (χ1) is 8.30. The lowest BCUT2D eigenvalue weighted by atomic mass is 9.75. The fourth-order valence-electron chi connectivity index (χ4n) is 2.22. The first-order valence-corrected chi connectivity index (χ1v) is 6.48. The zero-order valence-electron chi connectivity index (χ0n) is 11.7. The van der Waals surface area contributed by atoms with Crippen molar-refractivity contribution in [3.8, 4) is 0 Å². The molecule has 1 fully saturated rings. The van der Waals surface area contributed by atoms with Crippen molar-refractivity contribution in [2.45, 2.75) is 38.6 Å². The van der Waals surface area contributed by atoms with E-state index in [0.29, 0.717) is 6.54 Å². The number of carboxylic acids is 1. The number of hydrogen-bond acceptors (Lipinski definition) is 3. The minimum Gasteiger partial charge on any atom is -0.481 e. The summed E-state index contributed by atoms with van der Waals surface area (Å²) < 4.78 is 0. The standard InChI is InChI=1S/C13H24N2O3/c1-9(10(2)12(17)18)11(16)14-8-13(15(3)4)6-5-7-13/h9-10H,5-8H2,1-4H3,(H,14,16)(H,17,18). The molecule has 0 saturated heterocycles. The molecule has 5 heteroatoms. The second-order valence-corrected chi connectivity index (χ2v) is 5.61. The Morgan fingerprint density at radius 3 is 2.17 bits per heavy atom. The Balaban J connectivity index is 2.48. The molecule has 0 aromatic carbocycles. The largest absolute Gasteiger partial charge is 0.481 e. The minimum atomic E-state index is -0.927. The quantitative estimate of drug-likeness (QED) is 0.742. The number of carboxylic acid groups (broad SMARTS) is 1. The van der Waals surface area contributed by atoms with Gasteiger partial charge in [-0.05, 0) is 33.4 Å². The van der Waals surface area contributed by atoms with Crippen molar-refractivity contribution < 1.29 is 14.7 Å². The van der Waals surface area contributed by atoms with E-state index in [4.69, 9.17) is 5.11 Å². The third-order valence-corrected chi connectivity index (χ3v) is 4.38. The lowest BCUT2D eigenvalue weighted by Crippen LogP contribution is -2.57. The number of hydrogen-bond donors (Lipinski definition) is 2. The van der Waals surface area contributed by atoms with Gasteiger partial charge in [0.25, 0.3) is 0 Å². The summed E-state index contributed by atoms with van der Waals surface area (Å²) >= 11 is 0. The minimum absolute atomic E-state index is 0.0713. The SMILES string of the molecule is CC(C(=O)O)C(C)C(=O)NCC1(N(C)C)CCC1. The van der Waals surface area contributed by atoms with Gasteiger partial charge in [-0.15, -0.1) is 0 Å². The molecule has 0 aromatic rings. The van der Waals surface area contributed by atoms with Gasteiger partial charge in [0.15, 0.2) is 0 Å². The molecule has 0 heterocycles. The molecular weight excluding hydrogens is 232 g/mol. The second-order valence-electron chi connectivity index (χ2n) is 5.61. The van der Waals surface area contributed by atoms with Gasteiger partial charge in [0.05, 0.1) is 5.92 Å². The van der Waals surface area contributed by atoms with Gasteiger partial charge in [0.1, 0.15) is 0 Å². The number of carbonyl (C=O) groups is 2. The maximum atomic E-state index is 11.9. The summed E-state index contributed by atoms with van der Waals surface area (Å²) in [5, 5.41) is 11.8. The van der Waals surface area contributed by atoms with Crippen LogP contribution in [-0.4, -0.2) is 48.1 Å². The average Bonchev–Trinajstić information content (AvgIpc) is 2.24. The zero-order chi connectivity index (χ0) is 13.9. The molecule has 1 aliphatic carbocycles. The maximum absolute atomic E-state index is 11.9. The third-order valence-electron chi connectivity index (χ3n) is 4.38. The van der Waals surface area contributed by atoms with E-state index >= 15 is 0 Å².